The summed E-state index contributed by atoms with van der Waals surface area (Å²) in [7, 11) is 0. The second kappa shape index (κ2) is 6.36. The number of phenols is 1. The molecule has 1 aliphatic carbocycles. The van der Waals surface area contributed by atoms with Gasteiger partial charge in [0.15, 0.2) is 0 Å². The number of hydrogen-bond acceptors (Lipinski definition) is 3. The van der Waals surface area contributed by atoms with Gasteiger partial charge >= 0.3 is 0 Å². The number of nitrogens with zero attached hydrogens (tertiary/aromatic N) is 1. The van der Waals surface area contributed by atoms with Crippen LogP contribution in [0.5, 0.6) is 5.75 Å². The number of carbonyl (C=O) groups is 1. The summed E-state index contributed by atoms with van der Waals surface area (Å²) in [6, 6.07) is 6.97. The second-order valence-electron chi connectivity index (χ2n) is 5.03. The lowest BCUT2D eigenvalue weighted by Gasteiger charge is -2.19. The first-order valence-electron chi connectivity index (χ1n) is 6.81. The Kier molecular flexibility index (Phi) is 4.55. The minimum Gasteiger partial charge on any atom is -0.507 e. The molecule has 0 aromatic heterocycles. The number of hydrazone groups is 1. The van der Waals surface area contributed by atoms with E-state index in [9.17, 15) is 9.90 Å². The first-order chi connectivity index (χ1) is 9.18. The van der Waals surface area contributed by atoms with E-state index in [-0.39, 0.29) is 17.6 Å². The topological polar surface area (TPSA) is 61.7 Å². The molecule has 4 nitrogen and oxygen atoms in total. The quantitative estimate of drug-likeness (QED) is 0.648. The van der Waals surface area contributed by atoms with Crippen molar-refractivity contribution in [3.63, 3.8) is 0 Å². The van der Waals surface area contributed by atoms with Crippen molar-refractivity contribution in [3.8, 4) is 5.75 Å². The molecule has 1 aromatic carbocycles. The average molecular weight is 260 g/mol. The van der Waals surface area contributed by atoms with Crippen LogP contribution in [0.1, 0.15) is 44.6 Å². The molecule has 2 rings (SSSR count). The van der Waals surface area contributed by atoms with Crippen molar-refractivity contribution in [1.82, 2.24) is 5.43 Å². The number of phenolic OH excluding ortho intramolecular Hbond substituents is 1. The number of benzene rings is 1. The van der Waals surface area contributed by atoms with E-state index in [0.29, 0.717) is 11.3 Å². The molecule has 0 bridgehead atoms. The van der Waals surface area contributed by atoms with Crippen molar-refractivity contribution in [1.29, 1.82) is 0 Å². The summed E-state index contributed by atoms with van der Waals surface area (Å²) < 4.78 is 0. The van der Waals surface area contributed by atoms with Gasteiger partial charge in [0.2, 0.25) is 5.91 Å². The molecule has 0 radical (unpaired) electrons. The van der Waals surface area contributed by atoms with E-state index in [1.54, 1.807) is 25.1 Å². The zero-order chi connectivity index (χ0) is 13.7. The molecule has 4 heteroatoms. The molecule has 1 saturated carbocycles. The largest absolute Gasteiger partial charge is 0.507 e. The Morgan fingerprint density at radius 1 is 1.26 bits per heavy atom. The van der Waals surface area contributed by atoms with Crippen LogP contribution in [0, 0.1) is 5.92 Å². The predicted molar refractivity (Wildman–Crippen MR) is 75.0 cm³/mol. The van der Waals surface area contributed by atoms with Gasteiger partial charge in [0, 0.05) is 11.5 Å². The summed E-state index contributed by atoms with van der Waals surface area (Å²) in [4.78, 5) is 11.9. The first kappa shape index (κ1) is 13.6. The van der Waals surface area contributed by atoms with Crippen LogP contribution in [0.4, 0.5) is 0 Å². The van der Waals surface area contributed by atoms with Crippen molar-refractivity contribution in [2.75, 3.05) is 0 Å². The second-order valence-corrected chi connectivity index (χ2v) is 5.03. The van der Waals surface area contributed by atoms with E-state index in [0.717, 1.165) is 25.7 Å². The fraction of sp³-hybridized carbons (Fsp3) is 0.467. The highest BCUT2D eigenvalue weighted by Gasteiger charge is 2.20. The van der Waals surface area contributed by atoms with E-state index in [4.69, 9.17) is 0 Å². The maximum atomic E-state index is 11.9. The summed E-state index contributed by atoms with van der Waals surface area (Å²) in [6.45, 7) is 1.77. The summed E-state index contributed by atoms with van der Waals surface area (Å²) in [5, 5.41) is 13.8. The van der Waals surface area contributed by atoms with Crippen LogP contribution in [0.25, 0.3) is 0 Å². The van der Waals surface area contributed by atoms with Gasteiger partial charge < -0.3 is 5.11 Å². The minimum absolute atomic E-state index is 0.00512. The van der Waals surface area contributed by atoms with Crippen LogP contribution >= 0.6 is 0 Å². The number of hydrogen-bond donors (Lipinski definition) is 2. The summed E-state index contributed by atoms with van der Waals surface area (Å²) >= 11 is 0. The van der Waals surface area contributed by atoms with Gasteiger partial charge in [-0.25, -0.2) is 5.43 Å². The zero-order valence-corrected chi connectivity index (χ0v) is 11.2. The third-order valence-electron chi connectivity index (χ3n) is 3.60. The standard InChI is InChI=1S/C15H20N2O2/c1-11(13-9-5-6-10-14(13)18)16-17-15(19)12-7-3-2-4-8-12/h5-6,9-10,12,18H,2-4,7-8H2,1H3,(H,17,19)/b16-11-. The highest BCUT2D eigenvalue weighted by atomic mass is 16.3. The van der Waals surface area contributed by atoms with Gasteiger partial charge in [0.1, 0.15) is 5.75 Å². The molecule has 19 heavy (non-hydrogen) atoms. The van der Waals surface area contributed by atoms with Gasteiger partial charge in [-0.15, -0.1) is 0 Å². The van der Waals surface area contributed by atoms with Crippen LogP contribution in [0.2, 0.25) is 0 Å². The number of carbonyl (C=O) groups excluding carboxylic acids is 1. The van der Waals surface area contributed by atoms with Crippen molar-refractivity contribution >= 4 is 11.6 Å². The Morgan fingerprint density at radius 2 is 1.95 bits per heavy atom. The Morgan fingerprint density at radius 3 is 2.63 bits per heavy atom. The molecule has 0 heterocycles. The molecule has 0 atom stereocenters. The van der Waals surface area contributed by atoms with E-state index >= 15 is 0 Å². The predicted octanol–water partition coefficient (Wildman–Crippen LogP) is 2.81. The molecule has 2 N–H and O–H groups in total. The van der Waals surface area contributed by atoms with Crippen molar-refractivity contribution in [2.45, 2.75) is 39.0 Å². The highest BCUT2D eigenvalue weighted by Crippen LogP contribution is 2.23. The van der Waals surface area contributed by atoms with Gasteiger partial charge in [0.05, 0.1) is 5.71 Å². The molecule has 0 aliphatic heterocycles. The monoisotopic (exact) mass is 260 g/mol. The number of nitrogens with one attached hydrogen (secondary N) is 1. The lowest BCUT2D eigenvalue weighted by Crippen LogP contribution is -2.29. The van der Waals surface area contributed by atoms with Crippen molar-refractivity contribution < 1.29 is 9.90 Å². The lowest BCUT2D eigenvalue weighted by molar-refractivity contribution is -0.125. The molecule has 0 saturated heterocycles. The van der Waals surface area contributed by atoms with E-state index in [1.807, 2.05) is 6.07 Å². The molecule has 0 spiro atoms. The van der Waals surface area contributed by atoms with Crippen LogP contribution in [-0.2, 0) is 4.79 Å². The number of amides is 1. The number of rotatable bonds is 3. The maximum Gasteiger partial charge on any atom is 0.243 e. The van der Waals surface area contributed by atoms with E-state index in [2.05, 4.69) is 10.5 Å². The molecule has 1 aliphatic rings. The zero-order valence-electron chi connectivity index (χ0n) is 11.2. The summed E-state index contributed by atoms with van der Waals surface area (Å²) in [5.41, 5.74) is 3.87. The Balaban J connectivity index is 1.98. The fourth-order valence-electron chi connectivity index (χ4n) is 2.43. The van der Waals surface area contributed by atoms with Crippen LogP contribution in [-0.4, -0.2) is 16.7 Å². The van der Waals surface area contributed by atoms with Gasteiger partial charge in [-0.1, -0.05) is 31.4 Å². The summed E-state index contributed by atoms with van der Waals surface area (Å²) in [6.07, 6.45) is 5.39. The Labute approximate surface area is 113 Å². The van der Waals surface area contributed by atoms with Gasteiger partial charge in [-0.3, -0.25) is 4.79 Å². The van der Waals surface area contributed by atoms with Crippen LogP contribution < -0.4 is 5.43 Å². The van der Waals surface area contributed by atoms with Crippen LogP contribution in [0.15, 0.2) is 29.4 Å². The summed E-state index contributed by atoms with van der Waals surface area (Å²) in [5.74, 6) is 0.264. The maximum absolute atomic E-state index is 11.9. The van der Waals surface area contributed by atoms with Crippen molar-refractivity contribution in [3.05, 3.63) is 29.8 Å². The Bertz CT molecular complexity index is 477. The fourth-order valence-corrected chi connectivity index (χ4v) is 2.43. The number of para-hydroxylation sites is 1. The molecule has 1 amide bonds. The smallest absolute Gasteiger partial charge is 0.243 e. The molecular weight excluding hydrogens is 240 g/mol. The normalized spacial score (nSPS) is 17.2. The average Bonchev–Trinajstić information content (AvgIpc) is 2.46. The molecule has 1 fully saturated rings. The number of aromatic hydroxyl groups is 1. The molecular formula is C15H20N2O2. The highest BCUT2D eigenvalue weighted by molar-refractivity contribution is 6.01. The van der Waals surface area contributed by atoms with Gasteiger partial charge in [-0.2, -0.15) is 5.10 Å². The van der Waals surface area contributed by atoms with E-state index < -0.39 is 0 Å². The minimum atomic E-state index is -0.00512. The van der Waals surface area contributed by atoms with Gasteiger partial charge in [0.25, 0.3) is 0 Å². The van der Waals surface area contributed by atoms with Crippen LogP contribution in [0.3, 0.4) is 0 Å². The first-order valence-corrected chi connectivity index (χ1v) is 6.81. The third-order valence-corrected chi connectivity index (χ3v) is 3.60. The molecule has 102 valence electrons. The Hall–Kier alpha value is -1.84. The lowest BCUT2D eigenvalue weighted by atomic mass is 9.89. The van der Waals surface area contributed by atoms with Gasteiger partial charge in [-0.05, 0) is 31.9 Å². The SMILES string of the molecule is C/C(=N/NC(=O)C1CCCCC1)c1ccccc1O. The third kappa shape index (κ3) is 3.56. The molecule has 0 unspecified atom stereocenters. The van der Waals surface area contributed by atoms with E-state index in [1.165, 1.54) is 6.42 Å². The molecule has 1 aromatic rings. The van der Waals surface area contributed by atoms with Crippen molar-refractivity contribution in [2.24, 2.45) is 11.0 Å².